The first-order valence-electron chi connectivity index (χ1n) is 4.75. The van der Waals surface area contributed by atoms with Crippen molar-refractivity contribution in [3.8, 4) is 0 Å². The SMILES string of the molecule is CC(CCCl)SCc1cccc(Cl)c1F. The second-order valence-corrected chi connectivity index (χ2v) is 5.52. The summed E-state index contributed by atoms with van der Waals surface area (Å²) in [5, 5.41) is 0.638. The molecule has 0 saturated carbocycles. The highest BCUT2D eigenvalue weighted by atomic mass is 35.5. The van der Waals surface area contributed by atoms with Crippen LogP contribution in [0.5, 0.6) is 0 Å². The molecule has 0 nitrogen and oxygen atoms in total. The van der Waals surface area contributed by atoms with Gasteiger partial charge in [0, 0.05) is 16.9 Å². The molecule has 1 atom stereocenters. The fourth-order valence-corrected chi connectivity index (χ4v) is 2.75. The topological polar surface area (TPSA) is 0 Å². The molecule has 1 aromatic carbocycles. The van der Waals surface area contributed by atoms with Gasteiger partial charge in [-0.25, -0.2) is 4.39 Å². The van der Waals surface area contributed by atoms with Crippen molar-refractivity contribution in [3.05, 3.63) is 34.6 Å². The van der Waals surface area contributed by atoms with Crippen LogP contribution < -0.4 is 0 Å². The molecule has 0 aromatic heterocycles. The number of halogens is 3. The molecule has 0 aliphatic carbocycles. The minimum atomic E-state index is -0.301. The Labute approximate surface area is 104 Å². The van der Waals surface area contributed by atoms with Gasteiger partial charge in [-0.3, -0.25) is 0 Å². The van der Waals surface area contributed by atoms with E-state index in [-0.39, 0.29) is 10.8 Å². The average Bonchev–Trinajstić information content (AvgIpc) is 2.21. The Morgan fingerprint density at radius 1 is 1.47 bits per heavy atom. The lowest BCUT2D eigenvalue weighted by Crippen LogP contribution is -1.98. The van der Waals surface area contributed by atoms with E-state index in [0.29, 0.717) is 22.4 Å². The summed E-state index contributed by atoms with van der Waals surface area (Å²) < 4.78 is 13.5. The third kappa shape index (κ3) is 4.21. The number of hydrogen-bond donors (Lipinski definition) is 0. The molecule has 0 spiro atoms. The first-order valence-corrected chi connectivity index (χ1v) is 6.71. The zero-order chi connectivity index (χ0) is 11.3. The molecule has 1 aromatic rings. The van der Waals surface area contributed by atoms with Crippen LogP contribution in [0.3, 0.4) is 0 Å². The summed E-state index contributed by atoms with van der Waals surface area (Å²) in [6.45, 7) is 2.09. The summed E-state index contributed by atoms with van der Waals surface area (Å²) in [5.74, 6) is 0.987. The van der Waals surface area contributed by atoms with Crippen LogP contribution in [0.2, 0.25) is 5.02 Å². The molecule has 0 heterocycles. The molecule has 0 saturated heterocycles. The van der Waals surface area contributed by atoms with Gasteiger partial charge in [-0.15, -0.1) is 11.6 Å². The maximum Gasteiger partial charge on any atom is 0.145 e. The molecule has 15 heavy (non-hydrogen) atoms. The third-order valence-electron chi connectivity index (χ3n) is 2.07. The van der Waals surface area contributed by atoms with E-state index in [1.807, 2.05) is 0 Å². The van der Waals surface area contributed by atoms with Crippen molar-refractivity contribution >= 4 is 35.0 Å². The minimum absolute atomic E-state index is 0.193. The van der Waals surface area contributed by atoms with E-state index in [9.17, 15) is 4.39 Å². The predicted molar refractivity (Wildman–Crippen MR) is 67.5 cm³/mol. The van der Waals surface area contributed by atoms with Gasteiger partial charge in [0.2, 0.25) is 0 Å². The number of hydrogen-bond acceptors (Lipinski definition) is 1. The smallest absolute Gasteiger partial charge is 0.145 e. The molecular weight excluding hydrogens is 254 g/mol. The quantitative estimate of drug-likeness (QED) is 0.695. The van der Waals surface area contributed by atoms with Crippen LogP contribution in [0.15, 0.2) is 18.2 Å². The molecule has 0 aliphatic rings. The van der Waals surface area contributed by atoms with Gasteiger partial charge >= 0.3 is 0 Å². The zero-order valence-electron chi connectivity index (χ0n) is 8.47. The molecule has 4 heteroatoms. The summed E-state index contributed by atoms with van der Waals surface area (Å²) in [4.78, 5) is 0. The van der Waals surface area contributed by atoms with Crippen LogP contribution in [0.25, 0.3) is 0 Å². The van der Waals surface area contributed by atoms with Crippen molar-refractivity contribution < 1.29 is 4.39 Å². The van der Waals surface area contributed by atoms with Crippen LogP contribution in [0, 0.1) is 5.82 Å². The lowest BCUT2D eigenvalue weighted by atomic mass is 10.2. The highest BCUT2D eigenvalue weighted by Gasteiger charge is 2.08. The van der Waals surface area contributed by atoms with Gasteiger partial charge in [0.05, 0.1) is 5.02 Å². The van der Waals surface area contributed by atoms with Gasteiger partial charge in [-0.1, -0.05) is 30.7 Å². The Hall–Kier alpha value is 0.0800. The summed E-state index contributed by atoms with van der Waals surface area (Å²) in [7, 11) is 0. The highest BCUT2D eigenvalue weighted by Crippen LogP contribution is 2.25. The van der Waals surface area contributed by atoms with Crippen molar-refractivity contribution in [1.82, 2.24) is 0 Å². The normalized spacial score (nSPS) is 12.8. The van der Waals surface area contributed by atoms with Gasteiger partial charge in [0.15, 0.2) is 0 Å². The van der Waals surface area contributed by atoms with E-state index in [2.05, 4.69) is 6.92 Å². The molecule has 0 aliphatic heterocycles. The van der Waals surface area contributed by atoms with Crippen molar-refractivity contribution in [1.29, 1.82) is 0 Å². The standard InChI is InChI=1S/C11H13Cl2FS/c1-8(5-6-12)15-7-9-3-2-4-10(13)11(9)14/h2-4,8H,5-7H2,1H3. The van der Waals surface area contributed by atoms with Gasteiger partial charge in [-0.05, 0) is 18.1 Å². The Balaban J connectivity index is 2.54. The van der Waals surface area contributed by atoms with Gasteiger partial charge in [0.25, 0.3) is 0 Å². The first-order chi connectivity index (χ1) is 7.15. The number of benzene rings is 1. The van der Waals surface area contributed by atoms with E-state index in [4.69, 9.17) is 23.2 Å². The van der Waals surface area contributed by atoms with Crippen molar-refractivity contribution in [3.63, 3.8) is 0 Å². The van der Waals surface area contributed by atoms with Gasteiger partial charge < -0.3 is 0 Å². The van der Waals surface area contributed by atoms with Crippen molar-refractivity contribution in [2.75, 3.05) is 5.88 Å². The van der Waals surface area contributed by atoms with E-state index in [0.717, 1.165) is 6.42 Å². The van der Waals surface area contributed by atoms with Crippen LogP contribution in [-0.2, 0) is 5.75 Å². The van der Waals surface area contributed by atoms with E-state index < -0.39 is 0 Å². The minimum Gasteiger partial charge on any atom is -0.205 e. The Morgan fingerprint density at radius 2 is 2.20 bits per heavy atom. The number of thioether (sulfide) groups is 1. The molecule has 0 N–H and O–H groups in total. The van der Waals surface area contributed by atoms with Crippen LogP contribution in [0.4, 0.5) is 4.39 Å². The monoisotopic (exact) mass is 266 g/mol. The summed E-state index contributed by atoms with van der Waals surface area (Å²) >= 11 is 13.0. The average molecular weight is 267 g/mol. The zero-order valence-corrected chi connectivity index (χ0v) is 10.8. The van der Waals surface area contributed by atoms with Crippen LogP contribution >= 0.6 is 35.0 Å². The predicted octanol–water partition coefficient (Wildman–Crippen LogP) is 4.73. The van der Waals surface area contributed by atoms with Crippen LogP contribution in [-0.4, -0.2) is 11.1 Å². The first kappa shape index (κ1) is 13.1. The number of alkyl halides is 1. The second kappa shape index (κ2) is 6.62. The molecular formula is C11H13Cl2FS. The van der Waals surface area contributed by atoms with Crippen molar-refractivity contribution in [2.45, 2.75) is 24.3 Å². The third-order valence-corrected chi connectivity index (χ3v) is 3.86. The molecule has 84 valence electrons. The summed E-state index contributed by atoms with van der Waals surface area (Å²) in [6, 6.07) is 5.10. The fourth-order valence-electron chi connectivity index (χ4n) is 1.13. The van der Waals surface area contributed by atoms with Gasteiger partial charge in [0.1, 0.15) is 5.82 Å². The summed E-state index contributed by atoms with van der Waals surface area (Å²) in [6.07, 6.45) is 0.939. The Kier molecular flexibility index (Phi) is 5.80. The maximum absolute atomic E-state index is 13.5. The molecule has 0 amide bonds. The fraction of sp³-hybridized carbons (Fsp3) is 0.455. The highest BCUT2D eigenvalue weighted by molar-refractivity contribution is 7.99. The summed E-state index contributed by atoms with van der Waals surface area (Å²) in [5.41, 5.74) is 0.661. The van der Waals surface area contributed by atoms with E-state index >= 15 is 0 Å². The van der Waals surface area contributed by atoms with Crippen LogP contribution in [0.1, 0.15) is 18.9 Å². The maximum atomic E-state index is 13.5. The molecule has 0 radical (unpaired) electrons. The molecule has 0 bridgehead atoms. The van der Waals surface area contributed by atoms with Gasteiger partial charge in [-0.2, -0.15) is 11.8 Å². The Bertz CT molecular complexity index is 317. The molecule has 0 fully saturated rings. The molecule has 1 unspecified atom stereocenters. The lowest BCUT2D eigenvalue weighted by Gasteiger charge is -2.09. The second-order valence-electron chi connectivity index (χ2n) is 3.31. The van der Waals surface area contributed by atoms with E-state index in [1.54, 1.807) is 30.0 Å². The van der Waals surface area contributed by atoms with Crippen molar-refractivity contribution in [2.24, 2.45) is 0 Å². The largest absolute Gasteiger partial charge is 0.205 e. The number of rotatable bonds is 5. The Morgan fingerprint density at radius 3 is 2.87 bits per heavy atom. The molecule has 1 rings (SSSR count). The van der Waals surface area contributed by atoms with E-state index in [1.165, 1.54) is 0 Å². The lowest BCUT2D eigenvalue weighted by molar-refractivity contribution is 0.617.